The zero-order valence-electron chi connectivity index (χ0n) is 17.8. The van der Waals surface area contributed by atoms with E-state index in [4.69, 9.17) is 25.6 Å². The average molecular weight is 431 g/mol. The van der Waals surface area contributed by atoms with E-state index in [1.165, 1.54) is 0 Å². The van der Waals surface area contributed by atoms with Crippen molar-refractivity contribution in [3.63, 3.8) is 0 Å². The molecule has 160 valence electrons. The molecule has 0 radical (unpaired) electrons. The van der Waals surface area contributed by atoms with Crippen LogP contribution in [0.5, 0.6) is 5.75 Å². The van der Waals surface area contributed by atoms with Crippen molar-refractivity contribution >= 4 is 35.9 Å². The zero-order valence-corrected chi connectivity index (χ0v) is 18.6. The first-order valence-corrected chi connectivity index (χ1v) is 10.4. The summed E-state index contributed by atoms with van der Waals surface area (Å²) in [6.07, 6.45) is 0.688. The molecule has 30 heavy (non-hydrogen) atoms. The largest absolute Gasteiger partial charge is 0.494 e. The number of nitrogens with one attached hydrogen (secondary N) is 2. The maximum Gasteiger partial charge on any atom is 0.494 e. The lowest BCUT2D eigenvalue weighted by molar-refractivity contribution is 0.00578. The fourth-order valence-corrected chi connectivity index (χ4v) is 3.00. The van der Waals surface area contributed by atoms with Gasteiger partial charge in [0.2, 0.25) is 0 Å². The van der Waals surface area contributed by atoms with E-state index in [1.807, 2.05) is 52.0 Å². The van der Waals surface area contributed by atoms with Gasteiger partial charge in [0.1, 0.15) is 5.75 Å². The molecule has 2 amide bonds. The molecule has 0 aromatic heterocycles. The van der Waals surface area contributed by atoms with Crippen molar-refractivity contribution in [2.75, 3.05) is 18.5 Å². The molecule has 0 saturated carbocycles. The van der Waals surface area contributed by atoms with Gasteiger partial charge in [-0.15, -0.1) is 0 Å². The summed E-state index contributed by atoms with van der Waals surface area (Å²) in [6, 6.07) is 14.4. The van der Waals surface area contributed by atoms with Crippen LogP contribution < -0.4 is 20.8 Å². The Kier molecular flexibility index (Phi) is 6.96. The minimum atomic E-state index is -0.382. The summed E-state index contributed by atoms with van der Waals surface area (Å²) in [6.45, 7) is 9.15. The van der Waals surface area contributed by atoms with E-state index in [-0.39, 0.29) is 24.4 Å². The van der Waals surface area contributed by atoms with Crippen LogP contribution in [0.25, 0.3) is 0 Å². The van der Waals surface area contributed by atoms with E-state index < -0.39 is 0 Å². The van der Waals surface area contributed by atoms with Crippen LogP contribution in [-0.4, -0.2) is 37.5 Å². The molecule has 2 aromatic rings. The fourth-order valence-electron chi connectivity index (χ4n) is 2.87. The second-order valence-electron chi connectivity index (χ2n) is 8.25. The van der Waals surface area contributed by atoms with E-state index in [2.05, 4.69) is 10.6 Å². The van der Waals surface area contributed by atoms with Crippen LogP contribution in [0.15, 0.2) is 48.5 Å². The van der Waals surface area contributed by atoms with Gasteiger partial charge in [0.05, 0.1) is 17.8 Å². The quantitative estimate of drug-likeness (QED) is 0.509. The third-order valence-corrected chi connectivity index (χ3v) is 5.63. The molecule has 1 aliphatic rings. The zero-order chi connectivity index (χ0) is 21.8. The Balaban J connectivity index is 1.36. The van der Waals surface area contributed by atoms with Gasteiger partial charge in [0.15, 0.2) is 0 Å². The van der Waals surface area contributed by atoms with Gasteiger partial charge in [-0.1, -0.05) is 23.7 Å². The van der Waals surface area contributed by atoms with Crippen molar-refractivity contribution in [2.24, 2.45) is 0 Å². The molecule has 0 spiro atoms. The van der Waals surface area contributed by atoms with Crippen molar-refractivity contribution in [3.05, 3.63) is 53.6 Å². The van der Waals surface area contributed by atoms with Crippen molar-refractivity contribution in [1.82, 2.24) is 5.32 Å². The molecule has 1 saturated heterocycles. The molecule has 1 fully saturated rings. The summed E-state index contributed by atoms with van der Waals surface area (Å²) in [5.74, 6) is 0.765. The predicted molar refractivity (Wildman–Crippen MR) is 121 cm³/mol. The SMILES string of the molecule is CC1(C)OB(c2ccc(OCCCNC(=O)Nc3ccc(Cl)cc3)cc2)OC1(C)C. The summed E-state index contributed by atoms with van der Waals surface area (Å²) >= 11 is 5.83. The first-order chi connectivity index (χ1) is 14.2. The van der Waals surface area contributed by atoms with Gasteiger partial charge >= 0.3 is 13.1 Å². The number of anilines is 1. The lowest BCUT2D eigenvalue weighted by Gasteiger charge is -2.32. The summed E-state index contributed by atoms with van der Waals surface area (Å²) in [5, 5.41) is 6.17. The Bertz CT molecular complexity index is 840. The Morgan fingerprint density at radius 2 is 1.60 bits per heavy atom. The predicted octanol–water partition coefficient (Wildman–Crippen LogP) is 4.23. The lowest BCUT2D eigenvalue weighted by Crippen LogP contribution is -2.41. The average Bonchev–Trinajstić information content (AvgIpc) is 2.91. The van der Waals surface area contributed by atoms with Crippen LogP contribution in [0, 0.1) is 0 Å². The van der Waals surface area contributed by atoms with Crippen molar-refractivity contribution in [1.29, 1.82) is 0 Å². The highest BCUT2D eigenvalue weighted by atomic mass is 35.5. The number of hydrogen-bond donors (Lipinski definition) is 2. The molecule has 1 heterocycles. The molecular formula is C22H28BClN2O4. The molecule has 8 heteroatoms. The van der Waals surface area contributed by atoms with Gasteiger partial charge in [-0.25, -0.2) is 4.79 Å². The monoisotopic (exact) mass is 430 g/mol. The third-order valence-electron chi connectivity index (χ3n) is 5.38. The van der Waals surface area contributed by atoms with Crippen LogP contribution in [0.1, 0.15) is 34.1 Å². The topological polar surface area (TPSA) is 68.8 Å². The van der Waals surface area contributed by atoms with Crippen LogP contribution in [0.4, 0.5) is 10.5 Å². The van der Waals surface area contributed by atoms with E-state index in [1.54, 1.807) is 24.3 Å². The number of halogens is 1. The number of urea groups is 1. The maximum absolute atomic E-state index is 11.9. The first kappa shape index (κ1) is 22.5. The Morgan fingerprint density at radius 3 is 2.20 bits per heavy atom. The van der Waals surface area contributed by atoms with Crippen molar-refractivity contribution in [3.8, 4) is 5.75 Å². The molecule has 3 rings (SSSR count). The lowest BCUT2D eigenvalue weighted by atomic mass is 9.79. The number of benzene rings is 2. The van der Waals surface area contributed by atoms with E-state index in [9.17, 15) is 4.79 Å². The third kappa shape index (κ3) is 5.68. The van der Waals surface area contributed by atoms with Gasteiger partial charge in [0, 0.05) is 17.3 Å². The highest BCUT2D eigenvalue weighted by molar-refractivity contribution is 6.62. The van der Waals surface area contributed by atoms with Gasteiger partial charge in [0.25, 0.3) is 0 Å². The molecule has 2 N–H and O–H groups in total. The summed E-state index contributed by atoms with van der Waals surface area (Å²) in [5.41, 5.74) is 0.927. The smallest absolute Gasteiger partial charge is 0.494 e. The first-order valence-electron chi connectivity index (χ1n) is 10.1. The number of hydrogen-bond acceptors (Lipinski definition) is 4. The molecular weight excluding hydrogens is 403 g/mol. The number of ether oxygens (including phenoxy) is 1. The molecule has 0 atom stereocenters. The molecule has 2 aromatic carbocycles. The summed E-state index contributed by atoms with van der Waals surface area (Å²) in [4.78, 5) is 11.9. The minimum absolute atomic E-state index is 0.260. The Labute approximate surface area is 183 Å². The van der Waals surface area contributed by atoms with Crippen LogP contribution in [0.2, 0.25) is 5.02 Å². The van der Waals surface area contributed by atoms with Crippen molar-refractivity contribution in [2.45, 2.75) is 45.3 Å². The van der Waals surface area contributed by atoms with Crippen molar-refractivity contribution < 1.29 is 18.8 Å². The molecule has 0 bridgehead atoms. The standard InChI is InChI=1S/C22H28BClN2O4/c1-21(2)22(3,4)30-23(29-21)16-6-12-19(13-7-16)28-15-5-14-25-20(27)26-18-10-8-17(24)9-11-18/h6-13H,5,14-15H2,1-4H3,(H2,25,26,27). The second kappa shape index (κ2) is 9.29. The van der Waals surface area contributed by atoms with E-state index in [0.717, 1.165) is 11.2 Å². The molecule has 0 aliphatic carbocycles. The molecule has 1 aliphatic heterocycles. The van der Waals surface area contributed by atoms with Crippen LogP contribution >= 0.6 is 11.6 Å². The summed E-state index contributed by atoms with van der Waals surface area (Å²) < 4.78 is 17.9. The highest BCUT2D eigenvalue weighted by Gasteiger charge is 2.51. The van der Waals surface area contributed by atoms with Crippen LogP contribution in [-0.2, 0) is 9.31 Å². The number of carbonyl (C=O) groups excluding carboxylic acids is 1. The Morgan fingerprint density at radius 1 is 1.00 bits per heavy atom. The van der Waals surface area contributed by atoms with E-state index in [0.29, 0.717) is 30.3 Å². The van der Waals surface area contributed by atoms with E-state index >= 15 is 0 Å². The summed E-state index contributed by atoms with van der Waals surface area (Å²) in [7, 11) is -0.382. The number of amides is 2. The fraction of sp³-hybridized carbons (Fsp3) is 0.409. The molecule has 0 unspecified atom stereocenters. The second-order valence-corrected chi connectivity index (χ2v) is 8.68. The van der Waals surface area contributed by atoms with Gasteiger partial charge in [-0.3, -0.25) is 0 Å². The molecule has 6 nitrogen and oxygen atoms in total. The van der Waals surface area contributed by atoms with Gasteiger partial charge < -0.3 is 24.7 Å². The number of rotatable bonds is 7. The number of carbonyl (C=O) groups is 1. The maximum atomic E-state index is 11.9. The minimum Gasteiger partial charge on any atom is -0.494 e. The highest BCUT2D eigenvalue weighted by Crippen LogP contribution is 2.36. The van der Waals surface area contributed by atoms with Crippen LogP contribution in [0.3, 0.4) is 0 Å². The van der Waals surface area contributed by atoms with Gasteiger partial charge in [-0.2, -0.15) is 0 Å². The normalized spacial score (nSPS) is 16.9. The Hall–Kier alpha value is -2.22. The van der Waals surface area contributed by atoms with Gasteiger partial charge in [-0.05, 0) is 76.0 Å².